The first-order valence-electron chi connectivity index (χ1n) is 10.7. The Morgan fingerprint density at radius 2 is 1.52 bits per heavy atom. The van der Waals surface area contributed by atoms with Crippen molar-refractivity contribution in [1.29, 1.82) is 0 Å². The second-order valence-corrected chi connectivity index (χ2v) is 9.29. The summed E-state index contributed by atoms with van der Waals surface area (Å²) in [6.45, 7) is 4.50. The van der Waals surface area contributed by atoms with E-state index in [-0.39, 0.29) is 5.31 Å². The SMILES string of the molecule is BC(C)(C)c1ccc2c(-c3cc4ccccc4c4c3oc3ccccc34)nccc2c1. The van der Waals surface area contributed by atoms with Gasteiger partial charge in [0, 0.05) is 27.9 Å². The molecule has 0 N–H and O–H groups in total. The number of hydrogen-bond donors (Lipinski definition) is 0. The molecular formula is C28H22BNO. The predicted molar refractivity (Wildman–Crippen MR) is 134 cm³/mol. The van der Waals surface area contributed by atoms with Crippen molar-refractivity contribution in [1.82, 2.24) is 4.98 Å². The summed E-state index contributed by atoms with van der Waals surface area (Å²) in [7, 11) is 2.25. The van der Waals surface area contributed by atoms with Gasteiger partial charge in [0.2, 0.25) is 0 Å². The lowest BCUT2D eigenvalue weighted by molar-refractivity contribution is 0.670. The van der Waals surface area contributed by atoms with E-state index >= 15 is 0 Å². The van der Waals surface area contributed by atoms with E-state index in [0.29, 0.717) is 0 Å². The second-order valence-electron chi connectivity index (χ2n) is 9.29. The average molecular weight is 399 g/mol. The second kappa shape index (κ2) is 6.45. The van der Waals surface area contributed by atoms with Gasteiger partial charge in [0.1, 0.15) is 19.0 Å². The number of para-hydroxylation sites is 1. The summed E-state index contributed by atoms with van der Waals surface area (Å²) in [5, 5.41) is 7.16. The highest BCUT2D eigenvalue weighted by molar-refractivity contribution is 6.23. The highest BCUT2D eigenvalue weighted by Gasteiger charge is 2.19. The van der Waals surface area contributed by atoms with Crippen molar-refractivity contribution in [3.05, 3.63) is 90.6 Å². The minimum atomic E-state index is 0.104. The van der Waals surface area contributed by atoms with Crippen molar-refractivity contribution in [2.75, 3.05) is 0 Å². The van der Waals surface area contributed by atoms with Crippen LogP contribution in [0.2, 0.25) is 0 Å². The van der Waals surface area contributed by atoms with Crippen LogP contribution in [0.25, 0.3) is 54.7 Å². The van der Waals surface area contributed by atoms with Crippen LogP contribution in [0.5, 0.6) is 0 Å². The molecule has 0 atom stereocenters. The Labute approximate surface area is 181 Å². The molecule has 31 heavy (non-hydrogen) atoms. The quantitative estimate of drug-likeness (QED) is 0.299. The molecular weight excluding hydrogens is 377 g/mol. The van der Waals surface area contributed by atoms with E-state index < -0.39 is 0 Å². The number of nitrogens with zero attached hydrogens (tertiary/aromatic N) is 1. The van der Waals surface area contributed by atoms with Crippen LogP contribution in [0.15, 0.2) is 89.5 Å². The Morgan fingerprint density at radius 1 is 0.774 bits per heavy atom. The molecule has 0 saturated carbocycles. The Hall–Kier alpha value is -3.59. The van der Waals surface area contributed by atoms with Crippen LogP contribution in [0.4, 0.5) is 0 Å². The standard InChI is InChI=1S/C28H22BNO/c1-28(2,29)19-11-12-21-18(15-19)13-14-30-26(21)23-16-17-7-3-4-8-20(17)25-22-9-5-6-10-24(22)31-27(23)25/h3-16H,29H2,1-2H3. The molecule has 0 radical (unpaired) electrons. The molecule has 3 heteroatoms. The highest BCUT2D eigenvalue weighted by Crippen LogP contribution is 2.42. The van der Waals surface area contributed by atoms with Gasteiger partial charge in [-0.15, -0.1) is 0 Å². The van der Waals surface area contributed by atoms with Gasteiger partial charge in [0.15, 0.2) is 0 Å². The normalized spacial score (nSPS) is 12.3. The van der Waals surface area contributed by atoms with E-state index in [2.05, 4.69) is 88.4 Å². The molecule has 6 aromatic rings. The molecule has 0 unspecified atom stereocenters. The fourth-order valence-corrected chi connectivity index (χ4v) is 4.61. The van der Waals surface area contributed by atoms with Gasteiger partial charge in [-0.2, -0.15) is 0 Å². The molecule has 0 fully saturated rings. The number of benzene rings is 4. The Bertz CT molecular complexity index is 1620. The fraction of sp³-hybridized carbons (Fsp3) is 0.107. The summed E-state index contributed by atoms with van der Waals surface area (Å²) in [4.78, 5) is 4.84. The van der Waals surface area contributed by atoms with Gasteiger partial charge in [-0.25, -0.2) is 0 Å². The fourth-order valence-electron chi connectivity index (χ4n) is 4.61. The van der Waals surface area contributed by atoms with Crippen molar-refractivity contribution >= 4 is 51.3 Å². The van der Waals surface area contributed by atoms with Crippen LogP contribution in [-0.2, 0) is 5.31 Å². The zero-order valence-corrected chi connectivity index (χ0v) is 17.9. The first kappa shape index (κ1) is 18.2. The number of rotatable bonds is 2. The van der Waals surface area contributed by atoms with Crippen molar-refractivity contribution in [2.24, 2.45) is 0 Å². The lowest BCUT2D eigenvalue weighted by Gasteiger charge is -2.20. The number of hydrogen-bond acceptors (Lipinski definition) is 2. The topological polar surface area (TPSA) is 26.0 Å². The molecule has 0 saturated heterocycles. The molecule has 6 rings (SSSR count). The van der Waals surface area contributed by atoms with Crippen molar-refractivity contribution in [3.8, 4) is 11.3 Å². The monoisotopic (exact) mass is 399 g/mol. The van der Waals surface area contributed by atoms with Crippen LogP contribution < -0.4 is 0 Å². The first-order chi connectivity index (χ1) is 15.0. The first-order valence-corrected chi connectivity index (χ1v) is 10.7. The van der Waals surface area contributed by atoms with E-state index in [1.807, 2.05) is 18.3 Å². The van der Waals surface area contributed by atoms with Crippen LogP contribution in [0.3, 0.4) is 0 Å². The maximum atomic E-state index is 6.43. The Balaban J connectivity index is 1.74. The minimum absolute atomic E-state index is 0.104. The third-order valence-corrected chi connectivity index (χ3v) is 6.26. The molecule has 2 aromatic heterocycles. The molecule has 4 aromatic carbocycles. The third-order valence-electron chi connectivity index (χ3n) is 6.26. The molecule has 0 aliphatic heterocycles. The lowest BCUT2D eigenvalue weighted by Crippen LogP contribution is -2.16. The van der Waals surface area contributed by atoms with E-state index in [0.717, 1.165) is 38.6 Å². The summed E-state index contributed by atoms with van der Waals surface area (Å²) in [6, 6.07) is 27.9. The minimum Gasteiger partial charge on any atom is -0.455 e. The Morgan fingerprint density at radius 3 is 2.35 bits per heavy atom. The molecule has 0 bridgehead atoms. The van der Waals surface area contributed by atoms with Gasteiger partial charge in [-0.1, -0.05) is 74.5 Å². The lowest BCUT2D eigenvalue weighted by atomic mass is 9.67. The van der Waals surface area contributed by atoms with Gasteiger partial charge >= 0.3 is 0 Å². The van der Waals surface area contributed by atoms with E-state index in [1.54, 1.807) is 0 Å². The summed E-state index contributed by atoms with van der Waals surface area (Å²) in [5.74, 6) is 0. The zero-order valence-electron chi connectivity index (χ0n) is 17.9. The molecule has 2 heterocycles. The van der Waals surface area contributed by atoms with Crippen molar-refractivity contribution in [2.45, 2.75) is 19.2 Å². The summed E-state index contributed by atoms with van der Waals surface area (Å²) >= 11 is 0. The molecule has 0 aliphatic carbocycles. The zero-order chi connectivity index (χ0) is 21.2. The Kier molecular flexibility index (Phi) is 3.79. The molecule has 0 spiro atoms. The summed E-state index contributed by atoms with van der Waals surface area (Å²) in [6.07, 6.45) is 1.91. The molecule has 0 aliphatic rings. The highest BCUT2D eigenvalue weighted by atomic mass is 16.3. The van der Waals surface area contributed by atoms with Gasteiger partial charge in [0.05, 0.1) is 5.69 Å². The number of furan rings is 1. The molecule has 148 valence electrons. The van der Waals surface area contributed by atoms with Crippen LogP contribution in [0, 0.1) is 0 Å². The summed E-state index contributed by atoms with van der Waals surface area (Å²) in [5.41, 5.74) is 5.14. The van der Waals surface area contributed by atoms with Crippen LogP contribution in [0.1, 0.15) is 19.4 Å². The largest absolute Gasteiger partial charge is 0.455 e. The number of fused-ring (bicyclic) bond motifs is 6. The van der Waals surface area contributed by atoms with Gasteiger partial charge < -0.3 is 4.42 Å². The van der Waals surface area contributed by atoms with Gasteiger partial charge in [0.25, 0.3) is 0 Å². The third kappa shape index (κ3) is 2.77. The average Bonchev–Trinajstić information content (AvgIpc) is 3.17. The maximum absolute atomic E-state index is 6.43. The van der Waals surface area contributed by atoms with Crippen molar-refractivity contribution in [3.63, 3.8) is 0 Å². The van der Waals surface area contributed by atoms with Crippen LogP contribution >= 0.6 is 0 Å². The van der Waals surface area contributed by atoms with Gasteiger partial charge in [-0.05, 0) is 45.2 Å². The van der Waals surface area contributed by atoms with E-state index in [9.17, 15) is 0 Å². The van der Waals surface area contributed by atoms with Gasteiger partial charge in [-0.3, -0.25) is 4.98 Å². The number of aromatic nitrogens is 1. The number of pyridine rings is 1. The van der Waals surface area contributed by atoms with Crippen LogP contribution in [-0.4, -0.2) is 12.8 Å². The predicted octanol–water partition coefficient (Wildman–Crippen LogP) is 6.82. The van der Waals surface area contributed by atoms with Crippen molar-refractivity contribution < 1.29 is 4.42 Å². The summed E-state index contributed by atoms with van der Waals surface area (Å²) < 4.78 is 6.43. The maximum Gasteiger partial charge on any atom is 0.145 e. The van der Waals surface area contributed by atoms with E-state index in [4.69, 9.17) is 9.40 Å². The molecule has 0 amide bonds. The van der Waals surface area contributed by atoms with E-state index in [1.165, 1.54) is 21.7 Å². The molecule has 2 nitrogen and oxygen atoms in total. The smallest absolute Gasteiger partial charge is 0.145 e.